The highest BCUT2D eigenvalue weighted by atomic mass is 15.3. The normalized spacial score (nSPS) is 20.3. The van der Waals surface area contributed by atoms with Crippen LogP contribution < -0.4 is 11.5 Å². The molecule has 4 nitrogen and oxygen atoms in total. The Balaban J connectivity index is 2.89. The largest absolute Gasteiger partial charge is 0.369 e. The Kier molecular flexibility index (Phi) is 4.70. The molecule has 0 aromatic carbocycles. The average Bonchev–Trinajstić information content (AvgIpc) is 2.24. The van der Waals surface area contributed by atoms with Gasteiger partial charge in [-0.2, -0.15) is 5.10 Å². The van der Waals surface area contributed by atoms with Crippen LogP contribution in [0, 0.1) is 5.41 Å². The molecule has 4 heteroatoms. The third kappa shape index (κ3) is 4.02. The molecule has 0 aromatic heterocycles. The van der Waals surface area contributed by atoms with Crippen molar-refractivity contribution in [1.29, 1.82) is 0 Å². The summed E-state index contributed by atoms with van der Waals surface area (Å²) in [5.41, 5.74) is 14.4. The molecule has 0 unspecified atom stereocenters. The summed E-state index contributed by atoms with van der Waals surface area (Å²) in [6.45, 7) is 8.67. The van der Waals surface area contributed by atoms with Gasteiger partial charge in [0, 0.05) is 0 Å². The first-order chi connectivity index (χ1) is 8.33. The lowest BCUT2D eigenvalue weighted by atomic mass is 9.72. The van der Waals surface area contributed by atoms with Crippen LogP contribution in [-0.4, -0.2) is 11.7 Å². The van der Waals surface area contributed by atoms with E-state index in [0.29, 0.717) is 0 Å². The standard InChI is InChI=1S/C14H24N4/c1-10-6-5-9-14(3,4)12(10)8-7-11(2)17-18-13(15)16/h7-8H,5-6,9H2,1-4H3,(H4,15,16,18)/b8-7+,17-11-. The molecule has 0 aliphatic heterocycles. The second-order valence-electron chi connectivity index (χ2n) is 5.53. The van der Waals surface area contributed by atoms with Crippen LogP contribution >= 0.6 is 0 Å². The highest BCUT2D eigenvalue weighted by Gasteiger charge is 2.26. The first kappa shape index (κ1) is 14.5. The fourth-order valence-electron chi connectivity index (χ4n) is 2.38. The average molecular weight is 248 g/mol. The summed E-state index contributed by atoms with van der Waals surface area (Å²) >= 11 is 0. The zero-order chi connectivity index (χ0) is 13.8. The van der Waals surface area contributed by atoms with E-state index in [9.17, 15) is 0 Å². The van der Waals surface area contributed by atoms with Gasteiger partial charge in [0.25, 0.3) is 0 Å². The van der Waals surface area contributed by atoms with Gasteiger partial charge in [0.15, 0.2) is 0 Å². The third-order valence-electron chi connectivity index (χ3n) is 3.36. The van der Waals surface area contributed by atoms with E-state index < -0.39 is 0 Å². The molecular formula is C14H24N4. The van der Waals surface area contributed by atoms with Gasteiger partial charge >= 0.3 is 0 Å². The summed E-state index contributed by atoms with van der Waals surface area (Å²) in [4.78, 5) is 0. The van der Waals surface area contributed by atoms with Crippen LogP contribution in [0.5, 0.6) is 0 Å². The van der Waals surface area contributed by atoms with Crippen LogP contribution in [0.1, 0.15) is 47.0 Å². The maximum atomic E-state index is 5.23. The number of nitrogens with zero attached hydrogens (tertiary/aromatic N) is 2. The molecule has 0 bridgehead atoms. The van der Waals surface area contributed by atoms with E-state index in [1.54, 1.807) is 0 Å². The van der Waals surface area contributed by atoms with Crippen molar-refractivity contribution in [2.45, 2.75) is 47.0 Å². The highest BCUT2D eigenvalue weighted by Crippen LogP contribution is 2.40. The summed E-state index contributed by atoms with van der Waals surface area (Å²) in [6.07, 6.45) is 7.81. The minimum atomic E-state index is -0.0175. The number of nitrogens with two attached hydrogens (primary N) is 2. The molecule has 1 aliphatic carbocycles. The lowest BCUT2D eigenvalue weighted by Crippen LogP contribution is -2.22. The summed E-state index contributed by atoms with van der Waals surface area (Å²) in [6, 6.07) is 0. The Bertz CT molecular complexity index is 421. The minimum absolute atomic E-state index is 0.0175. The van der Waals surface area contributed by atoms with E-state index in [4.69, 9.17) is 11.5 Å². The first-order valence-electron chi connectivity index (χ1n) is 6.34. The van der Waals surface area contributed by atoms with Crippen LogP contribution in [0.3, 0.4) is 0 Å². The smallest absolute Gasteiger partial charge is 0.211 e. The molecule has 0 fully saturated rings. The van der Waals surface area contributed by atoms with Gasteiger partial charge in [-0.15, -0.1) is 5.10 Å². The lowest BCUT2D eigenvalue weighted by molar-refractivity contribution is 0.377. The van der Waals surface area contributed by atoms with Gasteiger partial charge in [-0.25, -0.2) is 0 Å². The number of rotatable bonds is 3. The molecule has 0 radical (unpaired) electrons. The monoisotopic (exact) mass is 248 g/mol. The van der Waals surface area contributed by atoms with E-state index in [1.807, 2.05) is 13.0 Å². The fraction of sp³-hybridized carbons (Fsp3) is 0.571. The van der Waals surface area contributed by atoms with Crippen LogP contribution in [0.2, 0.25) is 0 Å². The second kappa shape index (κ2) is 5.85. The summed E-state index contributed by atoms with van der Waals surface area (Å²) in [5.74, 6) is -0.0175. The Morgan fingerprint density at radius 2 is 1.94 bits per heavy atom. The number of guanidine groups is 1. The third-order valence-corrected chi connectivity index (χ3v) is 3.36. The maximum absolute atomic E-state index is 5.23. The van der Waals surface area contributed by atoms with Crippen LogP contribution in [0.25, 0.3) is 0 Å². The van der Waals surface area contributed by atoms with Crippen molar-refractivity contribution in [1.82, 2.24) is 0 Å². The van der Waals surface area contributed by atoms with E-state index >= 15 is 0 Å². The molecule has 0 heterocycles. The molecule has 0 saturated heterocycles. The van der Waals surface area contributed by atoms with E-state index in [-0.39, 0.29) is 11.4 Å². The second-order valence-corrected chi connectivity index (χ2v) is 5.53. The van der Waals surface area contributed by atoms with E-state index in [1.165, 1.54) is 30.4 Å². The zero-order valence-electron chi connectivity index (χ0n) is 11.8. The van der Waals surface area contributed by atoms with Crippen LogP contribution in [-0.2, 0) is 0 Å². The number of hydrogen-bond acceptors (Lipinski definition) is 2. The van der Waals surface area contributed by atoms with Gasteiger partial charge in [0.05, 0.1) is 5.71 Å². The Labute approximate surface area is 110 Å². The summed E-state index contributed by atoms with van der Waals surface area (Å²) in [5, 5.41) is 7.56. The van der Waals surface area contributed by atoms with Gasteiger partial charge in [0.2, 0.25) is 5.96 Å². The maximum Gasteiger partial charge on any atom is 0.211 e. The molecule has 0 atom stereocenters. The van der Waals surface area contributed by atoms with Crippen molar-refractivity contribution in [2.75, 3.05) is 0 Å². The van der Waals surface area contributed by atoms with Crippen molar-refractivity contribution in [3.8, 4) is 0 Å². The highest BCUT2D eigenvalue weighted by molar-refractivity contribution is 5.93. The quantitative estimate of drug-likeness (QED) is 0.457. The minimum Gasteiger partial charge on any atom is -0.369 e. The van der Waals surface area contributed by atoms with Crippen LogP contribution in [0.15, 0.2) is 33.5 Å². The molecular weight excluding hydrogens is 224 g/mol. The summed E-state index contributed by atoms with van der Waals surface area (Å²) < 4.78 is 0. The molecule has 4 N–H and O–H groups in total. The number of allylic oxidation sites excluding steroid dienone is 4. The molecule has 18 heavy (non-hydrogen) atoms. The molecule has 0 amide bonds. The van der Waals surface area contributed by atoms with Crippen molar-refractivity contribution in [3.05, 3.63) is 23.3 Å². The molecule has 1 aliphatic rings. The number of hydrogen-bond donors (Lipinski definition) is 2. The molecule has 0 aromatic rings. The SMILES string of the molecule is CC1=C(/C=C/C(C)=N\N=C(N)N)C(C)(C)CCC1. The predicted molar refractivity (Wildman–Crippen MR) is 78.4 cm³/mol. The van der Waals surface area contributed by atoms with Crippen molar-refractivity contribution in [3.63, 3.8) is 0 Å². The zero-order valence-corrected chi connectivity index (χ0v) is 11.8. The van der Waals surface area contributed by atoms with Crippen molar-refractivity contribution >= 4 is 11.7 Å². The van der Waals surface area contributed by atoms with Gasteiger partial charge < -0.3 is 11.5 Å². The van der Waals surface area contributed by atoms with Gasteiger partial charge in [-0.3, -0.25) is 0 Å². The molecule has 0 saturated carbocycles. The van der Waals surface area contributed by atoms with Crippen molar-refractivity contribution < 1.29 is 0 Å². The topological polar surface area (TPSA) is 76.8 Å². The molecule has 0 spiro atoms. The van der Waals surface area contributed by atoms with Crippen LogP contribution in [0.4, 0.5) is 0 Å². The van der Waals surface area contributed by atoms with E-state index in [0.717, 1.165) is 5.71 Å². The lowest BCUT2D eigenvalue weighted by Gasteiger charge is -2.32. The summed E-state index contributed by atoms with van der Waals surface area (Å²) in [7, 11) is 0. The van der Waals surface area contributed by atoms with Crippen molar-refractivity contribution in [2.24, 2.45) is 27.1 Å². The van der Waals surface area contributed by atoms with Gasteiger partial charge in [-0.1, -0.05) is 25.5 Å². The van der Waals surface area contributed by atoms with Gasteiger partial charge in [-0.05, 0) is 50.2 Å². The fourth-order valence-corrected chi connectivity index (χ4v) is 2.38. The molecule has 100 valence electrons. The molecule has 1 rings (SSSR count). The first-order valence-corrected chi connectivity index (χ1v) is 6.34. The van der Waals surface area contributed by atoms with Gasteiger partial charge in [0.1, 0.15) is 0 Å². The Morgan fingerprint density at radius 1 is 1.28 bits per heavy atom. The predicted octanol–water partition coefficient (Wildman–Crippen LogP) is 2.72. The Morgan fingerprint density at radius 3 is 2.50 bits per heavy atom. The Hall–Kier alpha value is -1.58. The van der Waals surface area contributed by atoms with E-state index in [2.05, 4.69) is 37.1 Å².